The molecule has 1 atom stereocenters. The molecule has 0 aliphatic carbocycles. The van der Waals surface area contributed by atoms with Crippen molar-refractivity contribution in [1.29, 1.82) is 5.26 Å². The second kappa shape index (κ2) is 6.59. The minimum absolute atomic E-state index is 0.0403. The Morgan fingerprint density at radius 3 is 2.24 bits per heavy atom. The van der Waals surface area contributed by atoms with Crippen molar-refractivity contribution in [3.8, 4) is 6.07 Å². The van der Waals surface area contributed by atoms with Gasteiger partial charge in [0.15, 0.2) is 0 Å². The highest BCUT2D eigenvalue weighted by Gasteiger charge is 2.27. The van der Waals surface area contributed by atoms with E-state index >= 15 is 0 Å². The van der Waals surface area contributed by atoms with E-state index < -0.39 is 0 Å². The van der Waals surface area contributed by atoms with Crippen LogP contribution in [-0.4, -0.2) is 61.0 Å². The number of aryl methyl sites for hydroxylation is 1. The van der Waals surface area contributed by atoms with E-state index in [1.807, 2.05) is 36.1 Å². The van der Waals surface area contributed by atoms with Gasteiger partial charge in [-0.25, -0.2) is 4.79 Å². The normalized spacial score (nSPS) is 17.1. The molecule has 1 fully saturated rings. The number of piperazine rings is 1. The highest BCUT2D eigenvalue weighted by molar-refractivity contribution is 5.73. The molecule has 1 aliphatic rings. The summed E-state index contributed by atoms with van der Waals surface area (Å²) in [6, 6.07) is 10.3. The fraction of sp³-hybridized carbons (Fsp3) is 0.500. The van der Waals surface area contributed by atoms with E-state index in [1.165, 1.54) is 5.56 Å². The summed E-state index contributed by atoms with van der Waals surface area (Å²) in [7, 11) is 3.53. The lowest BCUT2D eigenvalue weighted by atomic mass is 10.0. The highest BCUT2D eigenvalue weighted by atomic mass is 16.2. The van der Waals surface area contributed by atoms with E-state index in [-0.39, 0.29) is 12.1 Å². The van der Waals surface area contributed by atoms with Crippen LogP contribution in [0.3, 0.4) is 0 Å². The van der Waals surface area contributed by atoms with Crippen LogP contribution in [0.5, 0.6) is 0 Å². The van der Waals surface area contributed by atoms with Gasteiger partial charge in [0.1, 0.15) is 6.04 Å². The SMILES string of the molecule is Cc1ccc(C(C#N)N2CCN(C(=O)N(C)C)CC2)cc1. The third-order valence-corrected chi connectivity index (χ3v) is 3.85. The summed E-state index contributed by atoms with van der Waals surface area (Å²) >= 11 is 0. The number of nitrogens with zero attached hydrogens (tertiary/aromatic N) is 4. The number of benzene rings is 1. The third kappa shape index (κ3) is 3.53. The number of hydrogen-bond donors (Lipinski definition) is 0. The number of carbonyl (C=O) groups is 1. The van der Waals surface area contributed by atoms with Gasteiger partial charge in [-0.05, 0) is 12.5 Å². The number of carbonyl (C=O) groups excluding carboxylic acids is 1. The maximum absolute atomic E-state index is 11.9. The molecule has 0 bridgehead atoms. The molecule has 5 nitrogen and oxygen atoms in total. The van der Waals surface area contributed by atoms with E-state index in [4.69, 9.17) is 0 Å². The Morgan fingerprint density at radius 1 is 1.19 bits per heavy atom. The topological polar surface area (TPSA) is 50.6 Å². The fourth-order valence-corrected chi connectivity index (χ4v) is 2.57. The molecule has 0 N–H and O–H groups in total. The van der Waals surface area contributed by atoms with Crippen molar-refractivity contribution < 1.29 is 4.79 Å². The van der Waals surface area contributed by atoms with Crippen LogP contribution in [-0.2, 0) is 0 Å². The molecule has 5 heteroatoms. The summed E-state index contributed by atoms with van der Waals surface area (Å²) in [4.78, 5) is 17.5. The predicted molar refractivity (Wildman–Crippen MR) is 81.8 cm³/mol. The molecule has 21 heavy (non-hydrogen) atoms. The van der Waals surface area contributed by atoms with Gasteiger partial charge in [0.25, 0.3) is 0 Å². The molecule has 112 valence electrons. The maximum atomic E-state index is 11.9. The standard InChI is InChI=1S/C16H22N4O/c1-13-4-6-14(7-5-13)15(12-17)19-8-10-20(11-9-19)16(21)18(2)3/h4-7,15H,8-11H2,1-3H3. The Labute approximate surface area is 126 Å². The average Bonchev–Trinajstić information content (AvgIpc) is 2.50. The van der Waals surface area contributed by atoms with Crippen LogP contribution in [0.4, 0.5) is 4.79 Å². The Morgan fingerprint density at radius 2 is 1.76 bits per heavy atom. The van der Waals surface area contributed by atoms with Gasteiger partial charge in [-0.1, -0.05) is 29.8 Å². The zero-order valence-electron chi connectivity index (χ0n) is 12.9. The van der Waals surface area contributed by atoms with Crippen LogP contribution < -0.4 is 0 Å². The van der Waals surface area contributed by atoms with E-state index in [9.17, 15) is 10.1 Å². The summed E-state index contributed by atoms with van der Waals surface area (Å²) in [5, 5.41) is 9.48. The molecule has 0 aromatic heterocycles. The first-order chi connectivity index (χ1) is 10.0. The summed E-state index contributed by atoms with van der Waals surface area (Å²) in [6.45, 7) is 4.83. The number of nitriles is 1. The molecule has 2 rings (SSSR count). The molecule has 1 saturated heterocycles. The number of hydrogen-bond acceptors (Lipinski definition) is 3. The van der Waals surface area contributed by atoms with Gasteiger partial charge in [-0.15, -0.1) is 0 Å². The van der Waals surface area contributed by atoms with Crippen molar-refractivity contribution in [2.75, 3.05) is 40.3 Å². The van der Waals surface area contributed by atoms with E-state index in [0.29, 0.717) is 13.1 Å². The minimum Gasteiger partial charge on any atom is -0.331 e. The molecule has 1 aliphatic heterocycles. The van der Waals surface area contributed by atoms with Crippen LogP contribution in [0.15, 0.2) is 24.3 Å². The van der Waals surface area contributed by atoms with Crippen molar-refractivity contribution in [3.05, 3.63) is 35.4 Å². The Bertz CT molecular complexity index is 524. The first-order valence-corrected chi connectivity index (χ1v) is 7.19. The molecule has 1 aromatic carbocycles. The van der Waals surface area contributed by atoms with Crippen molar-refractivity contribution >= 4 is 6.03 Å². The van der Waals surface area contributed by atoms with Crippen LogP contribution >= 0.6 is 0 Å². The molecular weight excluding hydrogens is 264 g/mol. The highest BCUT2D eigenvalue weighted by Crippen LogP contribution is 2.22. The molecule has 1 unspecified atom stereocenters. The van der Waals surface area contributed by atoms with Gasteiger partial charge < -0.3 is 9.80 Å². The number of urea groups is 1. The molecule has 2 amide bonds. The largest absolute Gasteiger partial charge is 0.331 e. The lowest BCUT2D eigenvalue weighted by Gasteiger charge is -2.37. The number of rotatable bonds is 2. The summed E-state index contributed by atoms with van der Waals surface area (Å²) in [5.74, 6) is 0. The minimum atomic E-state index is -0.234. The summed E-state index contributed by atoms with van der Waals surface area (Å²) in [6.07, 6.45) is 0. The lowest BCUT2D eigenvalue weighted by molar-refractivity contribution is 0.111. The van der Waals surface area contributed by atoms with Crippen molar-refractivity contribution in [1.82, 2.24) is 14.7 Å². The predicted octanol–water partition coefficient (Wildman–Crippen LogP) is 1.86. The van der Waals surface area contributed by atoms with Crippen LogP contribution in [0.25, 0.3) is 0 Å². The van der Waals surface area contributed by atoms with Gasteiger partial charge in [-0.3, -0.25) is 4.90 Å². The second-order valence-electron chi connectivity index (χ2n) is 5.64. The van der Waals surface area contributed by atoms with E-state index in [2.05, 4.69) is 11.0 Å². The smallest absolute Gasteiger partial charge is 0.319 e. The third-order valence-electron chi connectivity index (χ3n) is 3.85. The molecule has 0 spiro atoms. The van der Waals surface area contributed by atoms with Crippen LogP contribution in [0, 0.1) is 18.3 Å². The van der Waals surface area contributed by atoms with Crippen molar-refractivity contribution in [2.45, 2.75) is 13.0 Å². The van der Waals surface area contributed by atoms with Gasteiger partial charge in [0, 0.05) is 40.3 Å². The van der Waals surface area contributed by atoms with Gasteiger partial charge >= 0.3 is 6.03 Å². The quantitative estimate of drug-likeness (QED) is 0.834. The second-order valence-corrected chi connectivity index (χ2v) is 5.64. The summed E-state index contributed by atoms with van der Waals surface area (Å²) < 4.78 is 0. The van der Waals surface area contributed by atoms with Gasteiger partial charge in [0.05, 0.1) is 6.07 Å². The Kier molecular flexibility index (Phi) is 4.81. The van der Waals surface area contributed by atoms with Gasteiger partial charge in [-0.2, -0.15) is 5.26 Å². The van der Waals surface area contributed by atoms with Crippen molar-refractivity contribution in [2.24, 2.45) is 0 Å². The van der Waals surface area contributed by atoms with Crippen LogP contribution in [0.1, 0.15) is 17.2 Å². The average molecular weight is 286 g/mol. The van der Waals surface area contributed by atoms with Gasteiger partial charge in [0.2, 0.25) is 0 Å². The lowest BCUT2D eigenvalue weighted by Crippen LogP contribution is -2.52. The first kappa shape index (κ1) is 15.3. The monoisotopic (exact) mass is 286 g/mol. The van der Waals surface area contributed by atoms with Crippen LogP contribution in [0.2, 0.25) is 0 Å². The molecule has 1 aromatic rings. The molecule has 1 heterocycles. The zero-order chi connectivity index (χ0) is 15.4. The summed E-state index contributed by atoms with van der Waals surface area (Å²) in [5.41, 5.74) is 2.22. The molecule has 0 saturated carbocycles. The Balaban J connectivity index is 2.01. The molecular formula is C16H22N4O. The van der Waals surface area contributed by atoms with Crippen molar-refractivity contribution in [3.63, 3.8) is 0 Å². The first-order valence-electron chi connectivity index (χ1n) is 7.19. The molecule has 0 radical (unpaired) electrons. The number of amides is 2. The Hall–Kier alpha value is -2.06. The van der Waals surface area contributed by atoms with E-state index in [1.54, 1.807) is 19.0 Å². The zero-order valence-corrected chi connectivity index (χ0v) is 12.9. The van der Waals surface area contributed by atoms with E-state index in [0.717, 1.165) is 18.7 Å². The maximum Gasteiger partial charge on any atom is 0.319 e. The fourth-order valence-electron chi connectivity index (χ4n) is 2.57.